The first-order valence-electron chi connectivity index (χ1n) is 6.25. The van der Waals surface area contributed by atoms with E-state index in [9.17, 15) is 8.78 Å². The lowest BCUT2D eigenvalue weighted by Gasteiger charge is -2.06. The summed E-state index contributed by atoms with van der Waals surface area (Å²) in [6, 6.07) is 11.5. The van der Waals surface area contributed by atoms with E-state index in [1.54, 1.807) is 31.2 Å². The van der Waals surface area contributed by atoms with Gasteiger partial charge in [-0.15, -0.1) is 0 Å². The topological polar surface area (TPSA) is 0 Å². The van der Waals surface area contributed by atoms with Crippen molar-refractivity contribution in [3.05, 3.63) is 59.7 Å². The highest BCUT2D eigenvalue weighted by Crippen LogP contribution is 2.25. The van der Waals surface area contributed by atoms with Gasteiger partial charge in [0.25, 0.3) is 0 Å². The summed E-state index contributed by atoms with van der Waals surface area (Å²) in [6.07, 6.45) is 0.498. The molecule has 0 unspecified atom stereocenters. The fraction of sp³-hybridized carbons (Fsp3) is 0.250. The first kappa shape index (κ1) is 14.4. The summed E-state index contributed by atoms with van der Waals surface area (Å²) in [7, 11) is 0. The van der Waals surface area contributed by atoms with Crippen molar-refractivity contribution in [3.8, 4) is 11.1 Å². The third-order valence-corrected chi connectivity index (χ3v) is 2.60. The van der Waals surface area contributed by atoms with Gasteiger partial charge in [0.1, 0.15) is 11.6 Å². The van der Waals surface area contributed by atoms with Crippen molar-refractivity contribution in [1.29, 1.82) is 0 Å². The van der Waals surface area contributed by atoms with Crippen molar-refractivity contribution in [2.75, 3.05) is 0 Å². The van der Waals surface area contributed by atoms with Gasteiger partial charge in [-0.2, -0.15) is 0 Å². The van der Waals surface area contributed by atoms with E-state index in [0.717, 1.165) is 0 Å². The maximum Gasteiger partial charge on any atom is 0.131 e. The van der Waals surface area contributed by atoms with Gasteiger partial charge in [0.15, 0.2) is 0 Å². The summed E-state index contributed by atoms with van der Waals surface area (Å²) >= 11 is 0. The maximum absolute atomic E-state index is 13.7. The minimum absolute atomic E-state index is 0.315. The van der Waals surface area contributed by atoms with Gasteiger partial charge < -0.3 is 0 Å². The van der Waals surface area contributed by atoms with Gasteiger partial charge in [-0.25, -0.2) is 8.78 Å². The average Bonchev–Trinajstić information content (AvgIpc) is 2.44. The second kappa shape index (κ2) is 6.90. The third-order valence-electron chi connectivity index (χ3n) is 2.60. The number of benzene rings is 2. The molecule has 0 fully saturated rings. The van der Waals surface area contributed by atoms with Gasteiger partial charge in [-0.3, -0.25) is 0 Å². The van der Waals surface area contributed by atoms with Gasteiger partial charge in [-0.05, 0) is 29.7 Å². The molecule has 0 N–H and O–H groups in total. The molecule has 18 heavy (non-hydrogen) atoms. The number of rotatable bonds is 2. The molecule has 0 heterocycles. The molecule has 0 atom stereocenters. The molecule has 2 rings (SSSR count). The normalized spacial score (nSPS) is 9.61. The minimum atomic E-state index is -0.371. The lowest BCUT2D eigenvalue weighted by atomic mass is 10.0. The molecule has 0 bridgehead atoms. The second-order valence-corrected chi connectivity index (χ2v) is 3.64. The van der Waals surface area contributed by atoms with E-state index in [2.05, 4.69) is 0 Å². The molecule has 2 aromatic rings. The van der Waals surface area contributed by atoms with Gasteiger partial charge >= 0.3 is 0 Å². The maximum atomic E-state index is 13.7. The Morgan fingerprint density at radius 3 is 2.06 bits per heavy atom. The number of hydrogen-bond acceptors (Lipinski definition) is 0. The van der Waals surface area contributed by atoms with Crippen LogP contribution in [0.2, 0.25) is 0 Å². The quantitative estimate of drug-likeness (QED) is 0.683. The Bertz CT molecular complexity index is 490. The van der Waals surface area contributed by atoms with Crippen LogP contribution in [0.4, 0.5) is 8.78 Å². The van der Waals surface area contributed by atoms with Crippen LogP contribution in [-0.2, 0) is 6.42 Å². The van der Waals surface area contributed by atoms with Crippen LogP contribution in [-0.4, -0.2) is 0 Å². The first-order valence-corrected chi connectivity index (χ1v) is 6.25. The summed E-state index contributed by atoms with van der Waals surface area (Å²) in [6.45, 7) is 5.81. The van der Waals surface area contributed by atoms with Crippen molar-refractivity contribution < 1.29 is 8.78 Å². The van der Waals surface area contributed by atoms with Gasteiger partial charge in [0.2, 0.25) is 0 Å². The number of hydrogen-bond donors (Lipinski definition) is 0. The molecule has 2 heteroatoms. The molecule has 0 radical (unpaired) electrons. The SMILES string of the molecule is CC.CCc1cc(F)c(-c2ccccc2)cc1F. The Morgan fingerprint density at radius 2 is 1.50 bits per heavy atom. The highest BCUT2D eigenvalue weighted by molar-refractivity contribution is 5.64. The molecule has 0 saturated carbocycles. The fourth-order valence-corrected chi connectivity index (χ4v) is 1.70. The zero-order valence-corrected chi connectivity index (χ0v) is 11.0. The second-order valence-electron chi connectivity index (χ2n) is 3.64. The molecule has 0 nitrogen and oxygen atoms in total. The molecular weight excluding hydrogens is 230 g/mol. The van der Waals surface area contributed by atoms with Crippen molar-refractivity contribution in [2.45, 2.75) is 27.2 Å². The largest absolute Gasteiger partial charge is 0.207 e. The van der Waals surface area contributed by atoms with Crippen LogP contribution < -0.4 is 0 Å². The lowest BCUT2D eigenvalue weighted by molar-refractivity contribution is 0.590. The standard InChI is InChI=1S/C14H12F2.C2H6/c1-2-10-8-14(16)12(9-13(10)15)11-6-4-3-5-7-11;1-2/h3-9H,2H2,1H3;1-2H3. The van der Waals surface area contributed by atoms with E-state index in [1.165, 1.54) is 12.1 Å². The minimum Gasteiger partial charge on any atom is -0.207 e. The van der Waals surface area contributed by atoms with Crippen LogP contribution in [0.3, 0.4) is 0 Å². The highest BCUT2D eigenvalue weighted by Gasteiger charge is 2.09. The van der Waals surface area contributed by atoms with Gasteiger partial charge in [0.05, 0.1) is 0 Å². The van der Waals surface area contributed by atoms with Crippen LogP contribution in [0.25, 0.3) is 11.1 Å². The summed E-state index contributed by atoms with van der Waals surface area (Å²) in [5.74, 6) is -0.716. The number of halogens is 2. The molecule has 0 amide bonds. The van der Waals surface area contributed by atoms with Crippen LogP contribution in [0.15, 0.2) is 42.5 Å². The number of aryl methyl sites for hydroxylation is 1. The molecule has 0 saturated heterocycles. The molecule has 0 aliphatic rings. The van der Waals surface area contributed by atoms with E-state index in [1.807, 2.05) is 19.9 Å². The van der Waals surface area contributed by atoms with Gasteiger partial charge in [-0.1, -0.05) is 51.1 Å². The molecule has 2 aromatic carbocycles. The molecule has 0 aliphatic carbocycles. The summed E-state index contributed by atoms with van der Waals surface area (Å²) in [4.78, 5) is 0. The Morgan fingerprint density at radius 1 is 0.889 bits per heavy atom. The van der Waals surface area contributed by atoms with E-state index in [-0.39, 0.29) is 11.6 Å². The van der Waals surface area contributed by atoms with Crippen molar-refractivity contribution in [1.82, 2.24) is 0 Å². The predicted octanol–water partition coefficient (Wildman–Crippen LogP) is 5.22. The average molecular weight is 248 g/mol. The van der Waals surface area contributed by atoms with Crippen LogP contribution in [0.5, 0.6) is 0 Å². The zero-order valence-electron chi connectivity index (χ0n) is 11.0. The van der Waals surface area contributed by atoms with E-state index in [0.29, 0.717) is 23.1 Å². The molecule has 0 aromatic heterocycles. The predicted molar refractivity (Wildman–Crippen MR) is 72.5 cm³/mol. The Hall–Kier alpha value is -1.70. The molecule has 0 aliphatic heterocycles. The monoisotopic (exact) mass is 248 g/mol. The van der Waals surface area contributed by atoms with Crippen LogP contribution in [0, 0.1) is 11.6 Å². The first-order chi connectivity index (χ1) is 8.72. The molecular formula is C16H18F2. The summed E-state index contributed by atoms with van der Waals surface area (Å²) in [5, 5.41) is 0. The Labute approximate surface area is 107 Å². The Balaban J connectivity index is 0.000000771. The van der Waals surface area contributed by atoms with E-state index >= 15 is 0 Å². The lowest BCUT2D eigenvalue weighted by Crippen LogP contribution is -1.93. The third kappa shape index (κ3) is 3.16. The van der Waals surface area contributed by atoms with Crippen LogP contribution in [0.1, 0.15) is 26.3 Å². The van der Waals surface area contributed by atoms with Crippen molar-refractivity contribution >= 4 is 0 Å². The molecule has 0 spiro atoms. The Kier molecular flexibility index (Phi) is 5.50. The van der Waals surface area contributed by atoms with E-state index < -0.39 is 0 Å². The fourth-order valence-electron chi connectivity index (χ4n) is 1.70. The van der Waals surface area contributed by atoms with Crippen molar-refractivity contribution in [2.24, 2.45) is 0 Å². The molecule has 96 valence electrons. The smallest absolute Gasteiger partial charge is 0.131 e. The summed E-state index contributed by atoms with van der Waals surface area (Å²) in [5.41, 5.74) is 1.43. The van der Waals surface area contributed by atoms with E-state index in [4.69, 9.17) is 0 Å². The summed E-state index contributed by atoms with van der Waals surface area (Å²) < 4.78 is 27.3. The van der Waals surface area contributed by atoms with Crippen molar-refractivity contribution in [3.63, 3.8) is 0 Å². The highest BCUT2D eigenvalue weighted by atomic mass is 19.1. The zero-order chi connectivity index (χ0) is 13.5. The van der Waals surface area contributed by atoms with Crippen LogP contribution >= 0.6 is 0 Å². The van der Waals surface area contributed by atoms with Gasteiger partial charge in [0, 0.05) is 5.56 Å².